The van der Waals surface area contributed by atoms with Crippen molar-refractivity contribution < 1.29 is 19.1 Å². The SMILES string of the molecule is CCOC(=O)c1nccc(NC(C)=O)c1OCc1ccccc1. The van der Waals surface area contributed by atoms with Gasteiger partial charge in [0.15, 0.2) is 11.4 Å². The molecule has 0 spiro atoms. The second-order valence-electron chi connectivity index (χ2n) is 4.71. The van der Waals surface area contributed by atoms with Crippen LogP contribution in [-0.2, 0) is 16.1 Å². The van der Waals surface area contributed by atoms with E-state index in [9.17, 15) is 9.59 Å². The minimum atomic E-state index is -0.595. The van der Waals surface area contributed by atoms with Crippen molar-refractivity contribution in [1.82, 2.24) is 4.98 Å². The van der Waals surface area contributed by atoms with E-state index >= 15 is 0 Å². The Balaban J connectivity index is 2.31. The Morgan fingerprint density at radius 3 is 2.57 bits per heavy atom. The fraction of sp³-hybridized carbons (Fsp3) is 0.235. The Kier molecular flexibility index (Phi) is 5.68. The summed E-state index contributed by atoms with van der Waals surface area (Å²) in [5.41, 5.74) is 1.35. The average molecular weight is 314 g/mol. The third-order valence-corrected chi connectivity index (χ3v) is 2.91. The molecule has 1 aromatic carbocycles. The maximum Gasteiger partial charge on any atom is 0.360 e. The van der Waals surface area contributed by atoms with Gasteiger partial charge in [-0.25, -0.2) is 9.78 Å². The van der Waals surface area contributed by atoms with Gasteiger partial charge in [-0.3, -0.25) is 4.79 Å². The van der Waals surface area contributed by atoms with E-state index in [0.29, 0.717) is 5.69 Å². The van der Waals surface area contributed by atoms with Crippen LogP contribution in [0.4, 0.5) is 5.69 Å². The molecule has 0 fully saturated rings. The van der Waals surface area contributed by atoms with Gasteiger partial charge in [0, 0.05) is 13.1 Å². The number of rotatable bonds is 6. The minimum absolute atomic E-state index is 0.0361. The smallest absolute Gasteiger partial charge is 0.360 e. The molecular weight excluding hydrogens is 296 g/mol. The summed E-state index contributed by atoms with van der Waals surface area (Å²) in [4.78, 5) is 27.4. The summed E-state index contributed by atoms with van der Waals surface area (Å²) in [6, 6.07) is 11.1. The number of pyridine rings is 1. The lowest BCUT2D eigenvalue weighted by atomic mass is 10.2. The number of hydrogen-bond acceptors (Lipinski definition) is 5. The molecule has 1 N–H and O–H groups in total. The molecular formula is C17H18N2O4. The van der Waals surface area contributed by atoms with Crippen LogP contribution in [-0.4, -0.2) is 23.5 Å². The summed E-state index contributed by atoms with van der Waals surface area (Å²) in [6.07, 6.45) is 1.42. The Hall–Kier alpha value is -2.89. The molecule has 0 saturated carbocycles. The van der Waals surface area contributed by atoms with Crippen LogP contribution < -0.4 is 10.1 Å². The van der Waals surface area contributed by atoms with Crippen molar-refractivity contribution in [2.24, 2.45) is 0 Å². The lowest BCUT2D eigenvalue weighted by Gasteiger charge is -2.14. The molecule has 1 aromatic heterocycles. The van der Waals surface area contributed by atoms with Gasteiger partial charge in [-0.1, -0.05) is 30.3 Å². The first-order valence-corrected chi connectivity index (χ1v) is 7.22. The van der Waals surface area contributed by atoms with Crippen LogP contribution in [0, 0.1) is 0 Å². The van der Waals surface area contributed by atoms with Crippen LogP contribution in [0.25, 0.3) is 0 Å². The van der Waals surface area contributed by atoms with Gasteiger partial charge in [0.25, 0.3) is 0 Å². The molecule has 0 radical (unpaired) electrons. The highest BCUT2D eigenvalue weighted by atomic mass is 16.5. The normalized spacial score (nSPS) is 10.0. The zero-order chi connectivity index (χ0) is 16.7. The Labute approximate surface area is 134 Å². The number of hydrogen-bond donors (Lipinski definition) is 1. The predicted octanol–water partition coefficient (Wildman–Crippen LogP) is 2.80. The lowest BCUT2D eigenvalue weighted by Crippen LogP contribution is -2.14. The number of benzene rings is 1. The number of carbonyl (C=O) groups is 2. The summed E-state index contributed by atoms with van der Waals surface area (Å²) in [7, 11) is 0. The van der Waals surface area contributed by atoms with E-state index in [1.165, 1.54) is 13.1 Å². The van der Waals surface area contributed by atoms with Crippen LogP contribution >= 0.6 is 0 Å². The fourth-order valence-corrected chi connectivity index (χ4v) is 1.96. The monoisotopic (exact) mass is 314 g/mol. The largest absolute Gasteiger partial charge is 0.484 e. The van der Waals surface area contributed by atoms with Gasteiger partial charge in [-0.05, 0) is 18.6 Å². The van der Waals surface area contributed by atoms with E-state index in [1.54, 1.807) is 13.0 Å². The molecule has 23 heavy (non-hydrogen) atoms. The molecule has 6 nitrogen and oxygen atoms in total. The molecule has 6 heteroatoms. The molecule has 0 unspecified atom stereocenters. The Bertz CT molecular complexity index is 686. The van der Waals surface area contributed by atoms with Crippen LogP contribution in [0.15, 0.2) is 42.6 Å². The molecule has 0 atom stereocenters. The molecule has 0 aliphatic rings. The maximum absolute atomic E-state index is 12.0. The van der Waals surface area contributed by atoms with Crippen molar-refractivity contribution in [1.29, 1.82) is 0 Å². The Morgan fingerprint density at radius 2 is 1.91 bits per heavy atom. The van der Waals surface area contributed by atoms with Gasteiger partial charge in [0.05, 0.1) is 12.3 Å². The van der Waals surface area contributed by atoms with E-state index in [1.807, 2.05) is 30.3 Å². The first-order chi connectivity index (χ1) is 11.1. The molecule has 1 amide bonds. The van der Waals surface area contributed by atoms with Crippen molar-refractivity contribution in [3.05, 3.63) is 53.9 Å². The topological polar surface area (TPSA) is 77.5 Å². The maximum atomic E-state index is 12.0. The Morgan fingerprint density at radius 1 is 1.17 bits per heavy atom. The highest BCUT2D eigenvalue weighted by Crippen LogP contribution is 2.29. The number of nitrogens with zero attached hydrogens (tertiary/aromatic N) is 1. The first-order valence-electron chi connectivity index (χ1n) is 7.22. The highest BCUT2D eigenvalue weighted by molar-refractivity contribution is 5.96. The van der Waals surface area contributed by atoms with E-state index in [-0.39, 0.29) is 30.6 Å². The zero-order valence-electron chi connectivity index (χ0n) is 13.0. The van der Waals surface area contributed by atoms with Gasteiger partial charge in [0.2, 0.25) is 5.91 Å². The summed E-state index contributed by atoms with van der Waals surface area (Å²) in [6.45, 7) is 3.56. The third-order valence-electron chi connectivity index (χ3n) is 2.91. The molecule has 2 rings (SSSR count). The summed E-state index contributed by atoms with van der Waals surface area (Å²) in [5.74, 6) is -0.664. The van der Waals surface area contributed by atoms with Crippen molar-refractivity contribution in [3.63, 3.8) is 0 Å². The fourth-order valence-electron chi connectivity index (χ4n) is 1.96. The molecule has 0 bridgehead atoms. The van der Waals surface area contributed by atoms with Gasteiger partial charge < -0.3 is 14.8 Å². The highest BCUT2D eigenvalue weighted by Gasteiger charge is 2.20. The summed E-state index contributed by atoms with van der Waals surface area (Å²) >= 11 is 0. The number of carbonyl (C=O) groups excluding carboxylic acids is 2. The van der Waals surface area contributed by atoms with Crippen LogP contribution in [0.1, 0.15) is 29.9 Å². The summed E-state index contributed by atoms with van der Waals surface area (Å²) in [5, 5.41) is 2.64. The molecule has 2 aromatic rings. The molecule has 0 aliphatic heterocycles. The predicted molar refractivity (Wildman–Crippen MR) is 85.3 cm³/mol. The number of amides is 1. The van der Waals surface area contributed by atoms with Crippen LogP contribution in [0.2, 0.25) is 0 Å². The number of nitrogens with one attached hydrogen (secondary N) is 1. The van der Waals surface area contributed by atoms with E-state index in [2.05, 4.69) is 10.3 Å². The van der Waals surface area contributed by atoms with Crippen molar-refractivity contribution in [2.75, 3.05) is 11.9 Å². The van der Waals surface area contributed by atoms with Crippen molar-refractivity contribution >= 4 is 17.6 Å². The number of aromatic nitrogens is 1. The standard InChI is InChI=1S/C17H18N2O4/c1-3-22-17(21)15-16(14(9-10-18-15)19-12(2)20)23-11-13-7-5-4-6-8-13/h4-10H,3,11H2,1-2H3,(H,18,19,20). The van der Waals surface area contributed by atoms with Gasteiger partial charge in [0.1, 0.15) is 6.61 Å². The molecule has 1 heterocycles. The van der Waals surface area contributed by atoms with E-state index in [4.69, 9.17) is 9.47 Å². The van der Waals surface area contributed by atoms with Crippen LogP contribution in [0.3, 0.4) is 0 Å². The second-order valence-corrected chi connectivity index (χ2v) is 4.71. The number of anilines is 1. The molecule has 0 saturated heterocycles. The zero-order valence-corrected chi connectivity index (χ0v) is 13.0. The summed E-state index contributed by atoms with van der Waals surface area (Å²) < 4.78 is 10.7. The average Bonchev–Trinajstić information content (AvgIpc) is 2.54. The van der Waals surface area contributed by atoms with Crippen molar-refractivity contribution in [2.45, 2.75) is 20.5 Å². The van der Waals surface area contributed by atoms with E-state index in [0.717, 1.165) is 5.56 Å². The molecule has 120 valence electrons. The number of esters is 1. The first kappa shape index (κ1) is 16.5. The van der Waals surface area contributed by atoms with Gasteiger partial charge >= 0.3 is 5.97 Å². The second kappa shape index (κ2) is 7.93. The van der Waals surface area contributed by atoms with Crippen molar-refractivity contribution in [3.8, 4) is 5.75 Å². The third kappa shape index (κ3) is 4.54. The van der Waals surface area contributed by atoms with Gasteiger partial charge in [-0.2, -0.15) is 0 Å². The lowest BCUT2D eigenvalue weighted by molar-refractivity contribution is -0.114. The quantitative estimate of drug-likeness (QED) is 0.830. The number of ether oxygens (including phenoxy) is 2. The molecule has 0 aliphatic carbocycles. The minimum Gasteiger partial charge on any atom is -0.484 e. The van der Waals surface area contributed by atoms with Crippen LogP contribution in [0.5, 0.6) is 5.75 Å². The van der Waals surface area contributed by atoms with Gasteiger partial charge in [-0.15, -0.1) is 0 Å². The van der Waals surface area contributed by atoms with E-state index < -0.39 is 5.97 Å².